The maximum atomic E-state index is 13.1. The van der Waals surface area contributed by atoms with Crippen molar-refractivity contribution in [1.29, 1.82) is 0 Å². The lowest BCUT2D eigenvalue weighted by atomic mass is 9.80. The Bertz CT molecular complexity index is 2320. The van der Waals surface area contributed by atoms with Crippen LogP contribution in [0, 0.1) is 37.5 Å². The molecule has 0 spiro atoms. The van der Waals surface area contributed by atoms with Crippen LogP contribution in [0.15, 0.2) is 66.7 Å². The van der Waals surface area contributed by atoms with Gasteiger partial charge in [-0.2, -0.15) is 0 Å². The van der Waals surface area contributed by atoms with Crippen LogP contribution in [-0.4, -0.2) is 138 Å². The number of hydrogen-bond acceptors (Lipinski definition) is 9. The fraction of sp³-hybridized carbons (Fsp3) is 0.528. The van der Waals surface area contributed by atoms with Gasteiger partial charge in [-0.05, 0) is 130 Å². The van der Waals surface area contributed by atoms with E-state index >= 15 is 0 Å². The lowest BCUT2D eigenvalue weighted by Gasteiger charge is -2.39. The maximum Gasteiger partial charge on any atom is 0.409 e. The molecule has 0 atom stereocenters. The highest BCUT2D eigenvalue weighted by atomic mass is 16.6. The minimum Gasteiger partial charge on any atom is -0.450 e. The summed E-state index contributed by atoms with van der Waals surface area (Å²) in [6, 6.07) is 21.6. The van der Waals surface area contributed by atoms with E-state index in [0.29, 0.717) is 63.4 Å². The first kappa shape index (κ1) is 47.4. The van der Waals surface area contributed by atoms with Gasteiger partial charge in [0.1, 0.15) is 0 Å². The van der Waals surface area contributed by atoms with Crippen LogP contribution in [0.25, 0.3) is 0 Å². The second kappa shape index (κ2) is 21.3. The number of aryl methyl sites for hydroxylation is 2. The summed E-state index contributed by atoms with van der Waals surface area (Å²) in [6.07, 6.45) is 6.91. The molecule has 356 valence electrons. The van der Waals surface area contributed by atoms with Crippen molar-refractivity contribution >= 4 is 47.2 Å². The van der Waals surface area contributed by atoms with Crippen molar-refractivity contribution in [2.24, 2.45) is 23.7 Å². The molecular weight excluding hydrogens is 849 g/mol. The van der Waals surface area contributed by atoms with Crippen molar-refractivity contribution in [3.63, 3.8) is 0 Å². The number of nitrogens with zero attached hydrogens (tertiary/aromatic N) is 6. The largest absolute Gasteiger partial charge is 0.450 e. The van der Waals surface area contributed by atoms with Crippen LogP contribution in [0.3, 0.4) is 0 Å². The summed E-state index contributed by atoms with van der Waals surface area (Å²) < 4.78 is 5.04. The molecule has 7 amide bonds. The summed E-state index contributed by atoms with van der Waals surface area (Å²) in [4.78, 5) is 100. The van der Waals surface area contributed by atoms with Gasteiger partial charge in [0.15, 0.2) is 0 Å². The van der Waals surface area contributed by atoms with Gasteiger partial charge >= 0.3 is 6.09 Å². The van der Waals surface area contributed by atoms with Crippen molar-refractivity contribution in [3.05, 3.63) is 100 Å². The van der Waals surface area contributed by atoms with E-state index in [0.717, 1.165) is 99.8 Å². The minimum absolute atomic E-state index is 0.0236. The lowest BCUT2D eigenvalue weighted by Crippen LogP contribution is -2.52. The van der Waals surface area contributed by atoms with Gasteiger partial charge in [0.25, 0.3) is 11.8 Å². The van der Waals surface area contributed by atoms with Crippen LogP contribution >= 0.6 is 0 Å². The molecule has 14 nitrogen and oxygen atoms in total. The van der Waals surface area contributed by atoms with Crippen LogP contribution in [0.1, 0.15) is 101 Å². The quantitative estimate of drug-likeness (QED) is 0.238. The summed E-state index contributed by atoms with van der Waals surface area (Å²) >= 11 is 0. The third-order valence-corrected chi connectivity index (χ3v) is 15.1. The van der Waals surface area contributed by atoms with Crippen molar-refractivity contribution < 1.29 is 38.3 Å². The molecule has 2 saturated heterocycles. The number of carbonyl (C=O) groups excluding carboxylic acids is 7. The zero-order valence-corrected chi connectivity index (χ0v) is 39.5. The molecule has 14 heteroatoms. The average molecular weight is 915 g/mol. The first-order chi connectivity index (χ1) is 32.4. The smallest absolute Gasteiger partial charge is 0.409 e. The van der Waals surface area contributed by atoms with E-state index in [9.17, 15) is 33.6 Å². The minimum atomic E-state index is -0.315. The Morgan fingerprint density at radius 1 is 0.537 bits per heavy atom. The van der Waals surface area contributed by atoms with Crippen molar-refractivity contribution in [2.75, 3.05) is 77.0 Å². The van der Waals surface area contributed by atoms with Crippen molar-refractivity contribution in [3.8, 4) is 0 Å². The molecule has 4 aliphatic heterocycles. The SMILES string of the molecule is CCOC(=O)N1CCN(C(=O)C2CCC(CN3C(=O)Cc4cc(C)c(C)cc4C3=O)CC2)CC1.O=C(C1CCC(CN2C(=O)Cc3ccccc3C2=O)CC1)N1CCN(c2ccccc2)CC1. The number of para-hydroxylation sites is 1. The van der Waals surface area contributed by atoms with E-state index in [2.05, 4.69) is 29.2 Å². The Kier molecular flexibility index (Phi) is 15.1. The molecule has 67 heavy (non-hydrogen) atoms. The number of amides is 7. The normalized spacial score (nSPS) is 23.3. The van der Waals surface area contributed by atoms with Gasteiger partial charge in [0, 0.05) is 94.1 Å². The fourth-order valence-electron chi connectivity index (χ4n) is 10.9. The van der Waals surface area contributed by atoms with Crippen LogP contribution < -0.4 is 4.90 Å². The molecule has 0 unspecified atom stereocenters. The molecule has 3 aromatic carbocycles. The predicted molar refractivity (Wildman–Crippen MR) is 253 cm³/mol. The number of piperazine rings is 2. The van der Waals surface area contributed by atoms with Gasteiger partial charge in [-0.1, -0.05) is 42.5 Å². The maximum absolute atomic E-state index is 13.1. The van der Waals surface area contributed by atoms with E-state index in [-0.39, 0.29) is 71.6 Å². The van der Waals surface area contributed by atoms with Gasteiger partial charge in [-0.25, -0.2) is 4.79 Å². The standard InChI is InChI=1S/C27H31N3O3.C26H35N3O5/c31-25-18-22-6-4-5-9-24(22)27(33)30(25)19-20-10-12-21(13-11-20)26(32)29-16-14-28(15-17-29)23-7-2-1-3-8-23;1-4-34-26(33)28-11-9-27(10-12-28)24(31)20-7-5-19(6-8-20)16-29-23(30)15-21-13-17(2)18(3)14-22(21)25(29)32/h1-9,20-21H,10-19H2;13-14,19-20H,4-12,15-16H2,1-3H3. The van der Waals surface area contributed by atoms with E-state index in [1.807, 2.05) is 66.1 Å². The van der Waals surface area contributed by atoms with Crippen molar-refractivity contribution in [2.45, 2.75) is 85.0 Å². The van der Waals surface area contributed by atoms with Gasteiger partial charge in [-0.3, -0.25) is 38.6 Å². The van der Waals surface area contributed by atoms with E-state index < -0.39 is 0 Å². The number of hydrogen-bond donors (Lipinski definition) is 0. The number of fused-ring (bicyclic) bond motifs is 2. The van der Waals surface area contributed by atoms with Crippen LogP contribution in [0.5, 0.6) is 0 Å². The Balaban J connectivity index is 0.000000182. The van der Waals surface area contributed by atoms with Crippen LogP contribution in [-0.2, 0) is 36.8 Å². The van der Waals surface area contributed by atoms with Gasteiger partial charge < -0.3 is 24.3 Å². The van der Waals surface area contributed by atoms with Gasteiger partial charge in [0.05, 0.1) is 19.4 Å². The topological polar surface area (TPSA) is 148 Å². The first-order valence-electron chi connectivity index (χ1n) is 24.5. The number of carbonyl (C=O) groups is 7. The van der Waals surface area contributed by atoms with E-state index in [4.69, 9.17) is 4.74 Å². The fourth-order valence-corrected chi connectivity index (χ4v) is 10.9. The molecule has 4 heterocycles. The zero-order chi connectivity index (χ0) is 47.2. The number of benzene rings is 3. The number of anilines is 1. The lowest BCUT2D eigenvalue weighted by molar-refractivity contribution is -0.139. The van der Waals surface area contributed by atoms with Crippen molar-refractivity contribution in [1.82, 2.24) is 24.5 Å². The molecule has 9 rings (SSSR count). The molecule has 0 aromatic heterocycles. The summed E-state index contributed by atoms with van der Waals surface area (Å²) in [6.45, 7) is 12.4. The summed E-state index contributed by atoms with van der Waals surface area (Å²) in [5.74, 6) is 0.400. The first-order valence-corrected chi connectivity index (χ1v) is 24.5. The van der Waals surface area contributed by atoms with Gasteiger partial charge in [-0.15, -0.1) is 0 Å². The zero-order valence-electron chi connectivity index (χ0n) is 39.5. The summed E-state index contributed by atoms with van der Waals surface area (Å²) in [5, 5.41) is 0. The highest BCUT2D eigenvalue weighted by Crippen LogP contribution is 2.34. The molecular formula is C53H66N6O8. The van der Waals surface area contributed by atoms with Crippen LogP contribution in [0.4, 0.5) is 10.5 Å². The second-order valence-electron chi connectivity index (χ2n) is 19.3. The van der Waals surface area contributed by atoms with Gasteiger partial charge in [0.2, 0.25) is 23.6 Å². The molecule has 0 N–H and O–H groups in total. The highest BCUT2D eigenvalue weighted by Gasteiger charge is 2.38. The summed E-state index contributed by atoms with van der Waals surface area (Å²) in [7, 11) is 0. The number of rotatable bonds is 8. The predicted octanol–water partition coefficient (Wildman–Crippen LogP) is 6.30. The third-order valence-electron chi connectivity index (χ3n) is 15.1. The molecule has 2 saturated carbocycles. The van der Waals surface area contributed by atoms with Crippen LogP contribution in [0.2, 0.25) is 0 Å². The average Bonchev–Trinajstić information content (AvgIpc) is 3.35. The third kappa shape index (κ3) is 10.9. The molecule has 3 aromatic rings. The highest BCUT2D eigenvalue weighted by molar-refractivity contribution is 6.10. The monoisotopic (exact) mass is 914 g/mol. The molecule has 0 radical (unpaired) electrons. The summed E-state index contributed by atoms with van der Waals surface area (Å²) in [5.41, 5.74) is 6.32. The molecule has 4 fully saturated rings. The second-order valence-corrected chi connectivity index (χ2v) is 19.3. The molecule has 6 aliphatic rings. The Hall–Kier alpha value is -6.05. The number of imide groups is 2. The number of ether oxygens (including phenoxy) is 1. The Morgan fingerprint density at radius 2 is 1.00 bits per heavy atom. The van der Waals surface area contributed by atoms with E-state index in [1.54, 1.807) is 11.8 Å². The molecule has 0 bridgehead atoms. The molecule has 2 aliphatic carbocycles. The Morgan fingerprint density at radius 3 is 1.55 bits per heavy atom. The Labute approximate surface area is 394 Å². The van der Waals surface area contributed by atoms with E-state index in [1.165, 1.54) is 15.5 Å².